The molecule has 0 N–H and O–H groups in total. The lowest BCUT2D eigenvalue weighted by atomic mass is 9.79. The molecule has 52 valence electrons. The minimum atomic E-state index is 0.394. The number of aliphatic imine (C=N–C) groups is 2. The van der Waals surface area contributed by atoms with E-state index in [1.54, 1.807) is 6.34 Å². The van der Waals surface area contributed by atoms with Gasteiger partial charge in [-0.25, -0.2) is 9.98 Å². The third-order valence-corrected chi connectivity index (χ3v) is 2.25. The number of hydrogen-bond donors (Lipinski definition) is 0. The molecule has 0 fully saturated rings. The van der Waals surface area contributed by atoms with Crippen LogP contribution in [-0.2, 0) is 0 Å². The van der Waals surface area contributed by atoms with E-state index in [4.69, 9.17) is 0 Å². The summed E-state index contributed by atoms with van der Waals surface area (Å²) in [4.78, 5) is 8.21. The maximum atomic E-state index is 4.20. The number of nitrogens with zero attached hydrogens (tertiary/aromatic N) is 2. The van der Waals surface area contributed by atoms with Gasteiger partial charge in [-0.1, -0.05) is 18.2 Å². The summed E-state index contributed by atoms with van der Waals surface area (Å²) in [6, 6.07) is 0. The van der Waals surface area contributed by atoms with Gasteiger partial charge in [-0.05, 0) is 5.57 Å². The van der Waals surface area contributed by atoms with Gasteiger partial charge in [0.2, 0.25) is 0 Å². The first-order chi connectivity index (χ1) is 5.47. The summed E-state index contributed by atoms with van der Waals surface area (Å²) in [5.41, 5.74) is 3.86. The van der Waals surface area contributed by atoms with Crippen molar-refractivity contribution in [2.45, 2.75) is 0 Å². The minimum absolute atomic E-state index is 0.394. The molecule has 0 aromatic rings. The van der Waals surface area contributed by atoms with Crippen molar-refractivity contribution in [1.82, 2.24) is 0 Å². The molecular formula is C9H6N2. The third-order valence-electron chi connectivity index (χ3n) is 2.25. The van der Waals surface area contributed by atoms with Gasteiger partial charge in [0.25, 0.3) is 0 Å². The first kappa shape index (κ1) is 5.24. The molecule has 11 heavy (non-hydrogen) atoms. The van der Waals surface area contributed by atoms with Gasteiger partial charge in [-0.2, -0.15) is 0 Å². The lowest BCUT2D eigenvalue weighted by molar-refractivity contribution is 0.861. The molecule has 2 heteroatoms. The molecule has 2 aliphatic carbocycles. The van der Waals surface area contributed by atoms with Crippen LogP contribution in [0.2, 0.25) is 0 Å². The Kier molecular flexibility index (Phi) is 0.756. The van der Waals surface area contributed by atoms with Crippen molar-refractivity contribution in [2.24, 2.45) is 15.9 Å². The van der Waals surface area contributed by atoms with Gasteiger partial charge in [0.05, 0.1) is 11.6 Å². The fourth-order valence-electron chi connectivity index (χ4n) is 1.70. The van der Waals surface area contributed by atoms with Crippen LogP contribution in [0.1, 0.15) is 0 Å². The lowest BCUT2D eigenvalue weighted by Gasteiger charge is -2.29. The molecule has 0 saturated carbocycles. The predicted molar refractivity (Wildman–Crippen MR) is 44.7 cm³/mol. The highest BCUT2D eigenvalue weighted by molar-refractivity contribution is 5.89. The van der Waals surface area contributed by atoms with E-state index < -0.39 is 0 Å². The maximum Gasteiger partial charge on any atom is 0.115 e. The largest absolute Gasteiger partial charge is 0.248 e. The van der Waals surface area contributed by atoms with Crippen molar-refractivity contribution in [1.29, 1.82) is 0 Å². The molecule has 0 saturated heterocycles. The van der Waals surface area contributed by atoms with E-state index >= 15 is 0 Å². The van der Waals surface area contributed by atoms with Crippen molar-refractivity contribution in [2.75, 3.05) is 0 Å². The molecule has 3 rings (SSSR count). The lowest BCUT2D eigenvalue weighted by Crippen LogP contribution is -2.22. The van der Waals surface area contributed by atoms with E-state index in [1.807, 2.05) is 6.21 Å². The first-order valence-corrected chi connectivity index (χ1v) is 3.65. The zero-order chi connectivity index (χ0) is 7.26. The van der Waals surface area contributed by atoms with E-state index in [0.717, 1.165) is 0 Å². The number of rotatable bonds is 0. The molecule has 0 radical (unpaired) electrons. The Bertz CT molecular complexity index is 367. The number of allylic oxidation sites excluding steroid dienone is 5. The highest BCUT2D eigenvalue weighted by atomic mass is 14.9. The monoisotopic (exact) mass is 142 g/mol. The maximum absolute atomic E-state index is 4.20. The van der Waals surface area contributed by atoms with Crippen LogP contribution in [0.15, 0.2) is 45.1 Å². The van der Waals surface area contributed by atoms with Gasteiger partial charge >= 0.3 is 0 Å². The van der Waals surface area contributed by atoms with E-state index in [-0.39, 0.29) is 0 Å². The molecule has 1 unspecified atom stereocenters. The Morgan fingerprint density at radius 3 is 3.36 bits per heavy atom. The summed E-state index contributed by atoms with van der Waals surface area (Å²) in [5.74, 6) is 0.394. The molecule has 3 aliphatic rings. The average Bonchev–Trinajstić information content (AvgIpc) is 2.44. The van der Waals surface area contributed by atoms with Crippen molar-refractivity contribution in [3.8, 4) is 0 Å². The van der Waals surface area contributed by atoms with Gasteiger partial charge in [-0.15, -0.1) is 0 Å². The Labute approximate surface area is 64.4 Å². The number of hydrogen-bond acceptors (Lipinski definition) is 2. The second-order valence-corrected chi connectivity index (χ2v) is 2.80. The van der Waals surface area contributed by atoms with Gasteiger partial charge < -0.3 is 0 Å². The Morgan fingerprint density at radius 1 is 1.36 bits per heavy atom. The molecular weight excluding hydrogens is 136 g/mol. The molecule has 1 aliphatic heterocycles. The van der Waals surface area contributed by atoms with E-state index in [1.165, 1.54) is 16.8 Å². The Hall–Kier alpha value is -1.44. The molecule has 1 heterocycles. The summed E-state index contributed by atoms with van der Waals surface area (Å²) in [6.07, 6.45) is 9.87. The summed E-state index contributed by atoms with van der Waals surface area (Å²) in [7, 11) is 0. The SMILES string of the molecule is C1=CC2=C3N=CN=CC3C2=C1. The number of fused-ring (bicyclic) bond motifs is 3. The van der Waals surface area contributed by atoms with Crippen molar-refractivity contribution >= 4 is 12.6 Å². The van der Waals surface area contributed by atoms with Crippen molar-refractivity contribution in [3.63, 3.8) is 0 Å². The second kappa shape index (κ2) is 1.59. The smallest absolute Gasteiger partial charge is 0.115 e. The zero-order valence-electron chi connectivity index (χ0n) is 5.86. The van der Waals surface area contributed by atoms with Gasteiger partial charge in [0.15, 0.2) is 0 Å². The topological polar surface area (TPSA) is 24.7 Å². The fraction of sp³-hybridized carbons (Fsp3) is 0.111. The Balaban J connectivity index is 2.24. The van der Waals surface area contributed by atoms with Crippen LogP contribution in [0.25, 0.3) is 0 Å². The molecule has 1 atom stereocenters. The average molecular weight is 142 g/mol. The van der Waals surface area contributed by atoms with Gasteiger partial charge in [-0.3, -0.25) is 0 Å². The normalized spacial score (nSPS) is 29.8. The highest BCUT2D eigenvalue weighted by Gasteiger charge is 2.34. The summed E-state index contributed by atoms with van der Waals surface area (Å²) in [5, 5.41) is 0. The molecule has 0 bridgehead atoms. The van der Waals surface area contributed by atoms with E-state index in [2.05, 4.69) is 28.2 Å². The van der Waals surface area contributed by atoms with Crippen LogP contribution >= 0.6 is 0 Å². The molecule has 2 nitrogen and oxygen atoms in total. The van der Waals surface area contributed by atoms with Gasteiger partial charge in [0, 0.05) is 11.8 Å². The second-order valence-electron chi connectivity index (χ2n) is 2.80. The fourth-order valence-corrected chi connectivity index (χ4v) is 1.70. The van der Waals surface area contributed by atoms with Crippen molar-refractivity contribution < 1.29 is 0 Å². The minimum Gasteiger partial charge on any atom is -0.248 e. The van der Waals surface area contributed by atoms with Crippen LogP contribution in [-0.4, -0.2) is 12.6 Å². The molecule has 0 amide bonds. The van der Waals surface area contributed by atoms with E-state index in [0.29, 0.717) is 5.92 Å². The standard InChI is InChI=1S/C9H6N2/c1-2-6-7(3-1)9-8(6)4-10-5-11-9/h1-5,8H. The summed E-state index contributed by atoms with van der Waals surface area (Å²) in [6.45, 7) is 0. The summed E-state index contributed by atoms with van der Waals surface area (Å²) >= 11 is 0. The quantitative estimate of drug-likeness (QED) is 0.489. The first-order valence-electron chi connectivity index (χ1n) is 3.65. The molecule has 0 aromatic carbocycles. The molecule has 0 spiro atoms. The van der Waals surface area contributed by atoms with Crippen molar-refractivity contribution in [3.05, 3.63) is 35.1 Å². The Morgan fingerprint density at radius 2 is 2.36 bits per heavy atom. The highest BCUT2D eigenvalue weighted by Crippen LogP contribution is 2.44. The predicted octanol–water partition coefficient (Wildman–Crippen LogP) is 1.48. The zero-order valence-corrected chi connectivity index (χ0v) is 5.86. The van der Waals surface area contributed by atoms with Crippen LogP contribution in [0.4, 0.5) is 0 Å². The van der Waals surface area contributed by atoms with Crippen LogP contribution in [0, 0.1) is 5.92 Å². The van der Waals surface area contributed by atoms with Crippen LogP contribution < -0.4 is 0 Å². The van der Waals surface area contributed by atoms with E-state index in [9.17, 15) is 0 Å². The molecule has 0 aromatic heterocycles. The van der Waals surface area contributed by atoms with Crippen LogP contribution in [0.5, 0.6) is 0 Å². The third kappa shape index (κ3) is 0.485. The summed E-state index contributed by atoms with van der Waals surface area (Å²) < 4.78 is 0. The van der Waals surface area contributed by atoms with Crippen LogP contribution in [0.3, 0.4) is 0 Å². The van der Waals surface area contributed by atoms with Gasteiger partial charge in [0.1, 0.15) is 6.34 Å².